The summed E-state index contributed by atoms with van der Waals surface area (Å²) in [6, 6.07) is 0. The molecule has 0 bridgehead atoms. The van der Waals surface area contributed by atoms with Gasteiger partial charge in [-0.3, -0.25) is 0 Å². The fraction of sp³-hybridized carbons (Fsp3) is 1.00. The van der Waals surface area contributed by atoms with Gasteiger partial charge >= 0.3 is 29.6 Å². The Kier molecular flexibility index (Phi) is 6.09. The molecule has 0 aromatic heterocycles. The van der Waals surface area contributed by atoms with Crippen LogP contribution in [0.2, 0.25) is 0 Å². The van der Waals surface area contributed by atoms with E-state index in [4.69, 9.17) is 0 Å². The molecule has 2 heteroatoms. The minimum atomic E-state index is -0.0289. The average Bonchev–Trinajstić information content (AvgIpc) is 1.85. The van der Waals surface area contributed by atoms with Crippen LogP contribution in [0.25, 0.3) is 0 Å². The summed E-state index contributed by atoms with van der Waals surface area (Å²) >= 11 is 0. The summed E-state index contributed by atoms with van der Waals surface area (Å²) < 4.78 is 0. The molecule has 0 spiro atoms. The maximum absolute atomic E-state index is 9.71. The molecule has 68 valence electrons. The van der Waals surface area contributed by atoms with E-state index in [2.05, 4.69) is 20.8 Å². The second-order valence-corrected chi connectivity index (χ2v) is 4.39. The third-order valence-corrected chi connectivity index (χ3v) is 2.99. The quantitative estimate of drug-likeness (QED) is 0.542. The zero-order chi connectivity index (χ0) is 8.43. The molecule has 0 radical (unpaired) electrons. The Morgan fingerprint density at radius 3 is 2.33 bits per heavy atom. The number of hydrogen-bond donors (Lipinski definition) is 1. The van der Waals surface area contributed by atoms with Crippen molar-refractivity contribution >= 4 is 0 Å². The SMILES string of the molecule is CC1CCC(C(C)C)C(O)C1.[H-].[Na+]. The summed E-state index contributed by atoms with van der Waals surface area (Å²) in [7, 11) is 0. The predicted molar refractivity (Wildman–Crippen MR) is 48.5 cm³/mol. The van der Waals surface area contributed by atoms with Crippen molar-refractivity contribution in [1.82, 2.24) is 0 Å². The first-order valence-electron chi connectivity index (χ1n) is 4.79. The summed E-state index contributed by atoms with van der Waals surface area (Å²) in [5.74, 6) is 1.95. The van der Waals surface area contributed by atoms with Crippen LogP contribution in [0.15, 0.2) is 0 Å². The molecule has 1 fully saturated rings. The first-order valence-corrected chi connectivity index (χ1v) is 4.79. The summed E-state index contributed by atoms with van der Waals surface area (Å²) in [4.78, 5) is 0. The Morgan fingerprint density at radius 2 is 1.92 bits per heavy atom. The Morgan fingerprint density at radius 1 is 1.33 bits per heavy atom. The molecular formula is C10H21NaO. The Hall–Kier alpha value is 0.960. The van der Waals surface area contributed by atoms with E-state index in [0.717, 1.165) is 12.3 Å². The predicted octanol–water partition coefficient (Wildman–Crippen LogP) is -0.444. The molecule has 3 atom stereocenters. The summed E-state index contributed by atoms with van der Waals surface area (Å²) in [5, 5.41) is 9.71. The first kappa shape index (κ1) is 13.0. The number of aliphatic hydroxyl groups is 1. The van der Waals surface area contributed by atoms with Crippen molar-refractivity contribution in [2.75, 3.05) is 0 Å². The van der Waals surface area contributed by atoms with Gasteiger partial charge in [-0.15, -0.1) is 0 Å². The monoisotopic (exact) mass is 180 g/mol. The van der Waals surface area contributed by atoms with Crippen LogP contribution in [0.5, 0.6) is 0 Å². The van der Waals surface area contributed by atoms with Gasteiger partial charge in [0, 0.05) is 0 Å². The van der Waals surface area contributed by atoms with E-state index in [-0.39, 0.29) is 37.1 Å². The molecule has 12 heavy (non-hydrogen) atoms. The van der Waals surface area contributed by atoms with E-state index in [0.29, 0.717) is 11.8 Å². The van der Waals surface area contributed by atoms with Crippen molar-refractivity contribution in [1.29, 1.82) is 0 Å². The summed E-state index contributed by atoms with van der Waals surface area (Å²) in [5.41, 5.74) is 0. The second kappa shape index (κ2) is 5.64. The van der Waals surface area contributed by atoms with Crippen LogP contribution in [0, 0.1) is 17.8 Å². The molecule has 1 N–H and O–H groups in total. The van der Waals surface area contributed by atoms with Gasteiger partial charge in [-0.25, -0.2) is 0 Å². The molecule has 0 aromatic rings. The van der Waals surface area contributed by atoms with Gasteiger partial charge in [0.05, 0.1) is 6.10 Å². The zero-order valence-corrected chi connectivity index (χ0v) is 10.9. The van der Waals surface area contributed by atoms with Crippen molar-refractivity contribution in [3.05, 3.63) is 0 Å². The van der Waals surface area contributed by atoms with Crippen LogP contribution >= 0.6 is 0 Å². The molecule has 1 aliphatic carbocycles. The van der Waals surface area contributed by atoms with Crippen molar-refractivity contribution in [2.24, 2.45) is 17.8 Å². The molecule has 0 aromatic carbocycles. The maximum atomic E-state index is 9.71. The van der Waals surface area contributed by atoms with E-state index < -0.39 is 0 Å². The first-order chi connectivity index (χ1) is 5.11. The standard InChI is InChI=1S/C10H20O.Na.H/c1-7(2)9-5-4-8(3)6-10(9)11;;/h7-11H,4-6H2,1-3H3;;/q;+1;-1. The van der Waals surface area contributed by atoms with Gasteiger partial charge in [-0.05, 0) is 30.6 Å². The van der Waals surface area contributed by atoms with Gasteiger partial charge in [0.2, 0.25) is 0 Å². The van der Waals surface area contributed by atoms with Gasteiger partial charge in [0.1, 0.15) is 0 Å². The maximum Gasteiger partial charge on any atom is 1.00 e. The topological polar surface area (TPSA) is 20.2 Å². The van der Waals surface area contributed by atoms with Crippen LogP contribution in [0.1, 0.15) is 41.5 Å². The van der Waals surface area contributed by atoms with E-state index in [9.17, 15) is 5.11 Å². The molecule has 1 nitrogen and oxygen atoms in total. The van der Waals surface area contributed by atoms with Gasteiger partial charge in [0.15, 0.2) is 0 Å². The third kappa shape index (κ3) is 3.37. The zero-order valence-electron chi connectivity index (χ0n) is 9.88. The van der Waals surface area contributed by atoms with Crippen molar-refractivity contribution in [3.63, 3.8) is 0 Å². The minimum Gasteiger partial charge on any atom is -1.00 e. The van der Waals surface area contributed by atoms with Crippen LogP contribution in [-0.2, 0) is 0 Å². The molecule has 1 aliphatic rings. The van der Waals surface area contributed by atoms with Gasteiger partial charge in [-0.1, -0.05) is 27.2 Å². The molecule has 0 amide bonds. The van der Waals surface area contributed by atoms with E-state index in [1.54, 1.807) is 0 Å². The van der Waals surface area contributed by atoms with Crippen molar-refractivity contribution < 1.29 is 36.1 Å². The minimum absolute atomic E-state index is 0. The number of aliphatic hydroxyl groups excluding tert-OH is 1. The van der Waals surface area contributed by atoms with E-state index in [1.165, 1.54) is 12.8 Å². The van der Waals surface area contributed by atoms with Crippen LogP contribution in [0.3, 0.4) is 0 Å². The Balaban J connectivity index is 0. The number of rotatable bonds is 1. The van der Waals surface area contributed by atoms with Crippen LogP contribution in [-0.4, -0.2) is 11.2 Å². The second-order valence-electron chi connectivity index (χ2n) is 4.39. The number of hydrogen-bond acceptors (Lipinski definition) is 1. The van der Waals surface area contributed by atoms with Gasteiger partial charge < -0.3 is 6.53 Å². The largest absolute Gasteiger partial charge is 1.00 e. The molecule has 3 unspecified atom stereocenters. The van der Waals surface area contributed by atoms with Gasteiger partial charge in [0.25, 0.3) is 0 Å². The fourth-order valence-corrected chi connectivity index (χ4v) is 2.15. The van der Waals surface area contributed by atoms with Crippen LogP contribution in [0.4, 0.5) is 0 Å². The van der Waals surface area contributed by atoms with Gasteiger partial charge in [-0.2, -0.15) is 0 Å². The van der Waals surface area contributed by atoms with E-state index in [1.807, 2.05) is 0 Å². The molecule has 0 aliphatic heterocycles. The molecular weight excluding hydrogens is 159 g/mol. The Labute approximate surface area is 99.7 Å². The average molecular weight is 180 g/mol. The summed E-state index contributed by atoms with van der Waals surface area (Å²) in [6.07, 6.45) is 3.52. The molecule has 0 heterocycles. The smallest absolute Gasteiger partial charge is 1.00 e. The summed E-state index contributed by atoms with van der Waals surface area (Å²) in [6.45, 7) is 6.66. The third-order valence-electron chi connectivity index (χ3n) is 2.99. The fourth-order valence-electron chi connectivity index (χ4n) is 2.15. The molecule has 1 saturated carbocycles. The van der Waals surface area contributed by atoms with Crippen LogP contribution < -0.4 is 29.6 Å². The van der Waals surface area contributed by atoms with E-state index >= 15 is 0 Å². The normalized spacial score (nSPS) is 36.2. The molecule has 0 saturated heterocycles. The molecule has 1 rings (SSSR count). The Bertz CT molecular complexity index is 130. The van der Waals surface area contributed by atoms with Crippen molar-refractivity contribution in [3.8, 4) is 0 Å². The van der Waals surface area contributed by atoms with Crippen molar-refractivity contribution in [2.45, 2.75) is 46.1 Å².